The highest BCUT2D eigenvalue weighted by atomic mass is 32.1. The third kappa shape index (κ3) is 4.60. The van der Waals surface area contributed by atoms with Crippen molar-refractivity contribution >= 4 is 28.9 Å². The van der Waals surface area contributed by atoms with E-state index in [0.29, 0.717) is 10.9 Å². The Kier molecular flexibility index (Phi) is 6.19. The summed E-state index contributed by atoms with van der Waals surface area (Å²) >= 11 is 1.27. The zero-order valence-corrected chi connectivity index (χ0v) is 14.4. The second-order valence-electron chi connectivity index (χ2n) is 5.29. The number of esters is 1. The minimum absolute atomic E-state index is 0.368. The van der Waals surface area contributed by atoms with Crippen molar-refractivity contribution in [1.29, 1.82) is 0 Å². The molecule has 2 rings (SSSR count). The maximum atomic E-state index is 13.5. The van der Waals surface area contributed by atoms with E-state index in [0.717, 1.165) is 29.3 Å². The van der Waals surface area contributed by atoms with Crippen molar-refractivity contribution in [3.05, 3.63) is 51.0 Å². The highest BCUT2D eigenvalue weighted by Crippen LogP contribution is 2.24. The van der Waals surface area contributed by atoms with Crippen molar-refractivity contribution < 1.29 is 27.5 Å². The highest BCUT2D eigenvalue weighted by Gasteiger charge is 2.18. The Morgan fingerprint density at radius 1 is 1.20 bits per heavy atom. The number of thiophene rings is 1. The molecule has 0 aliphatic heterocycles. The molecule has 0 atom stereocenters. The Hall–Kier alpha value is -2.35. The average molecular weight is 371 g/mol. The van der Waals surface area contributed by atoms with Gasteiger partial charge in [0, 0.05) is 4.88 Å². The topological polar surface area (TPSA) is 55.4 Å². The maximum Gasteiger partial charge on any atom is 0.348 e. The first-order valence-corrected chi connectivity index (χ1v) is 8.34. The Morgan fingerprint density at radius 3 is 2.60 bits per heavy atom. The monoisotopic (exact) mass is 371 g/mol. The van der Waals surface area contributed by atoms with Gasteiger partial charge in [0.25, 0.3) is 5.91 Å². The Balaban J connectivity index is 1.95. The van der Waals surface area contributed by atoms with Gasteiger partial charge in [-0.15, -0.1) is 11.3 Å². The van der Waals surface area contributed by atoms with E-state index in [1.54, 1.807) is 6.07 Å². The molecule has 0 bridgehead atoms. The number of amides is 1. The van der Waals surface area contributed by atoms with Crippen LogP contribution in [0.1, 0.15) is 33.5 Å². The Bertz CT molecular complexity index is 805. The van der Waals surface area contributed by atoms with Crippen molar-refractivity contribution in [3.8, 4) is 0 Å². The lowest BCUT2D eigenvalue weighted by molar-refractivity contribution is -0.119. The van der Waals surface area contributed by atoms with Crippen LogP contribution < -0.4 is 5.32 Å². The fraction of sp³-hybridized carbons (Fsp3) is 0.294. The smallest absolute Gasteiger partial charge is 0.348 e. The second kappa shape index (κ2) is 8.15. The number of anilines is 1. The number of hydrogen-bond acceptors (Lipinski definition) is 4. The molecular formula is C17H16F3NO3S. The predicted molar refractivity (Wildman–Crippen MR) is 88.3 cm³/mol. The lowest BCUT2D eigenvalue weighted by Gasteiger charge is -2.07. The first-order valence-electron chi connectivity index (χ1n) is 7.53. The Morgan fingerprint density at radius 2 is 1.92 bits per heavy atom. The molecule has 1 heterocycles. The van der Waals surface area contributed by atoms with Gasteiger partial charge in [-0.2, -0.15) is 0 Å². The SMILES string of the molecule is CCCc1cc(C(=O)OCC(=O)Nc2ccc(F)c(F)c2F)sc1C. The minimum atomic E-state index is -1.69. The summed E-state index contributed by atoms with van der Waals surface area (Å²) in [4.78, 5) is 25.0. The number of rotatable bonds is 6. The van der Waals surface area contributed by atoms with Crippen LogP contribution in [-0.2, 0) is 16.0 Å². The molecule has 0 unspecified atom stereocenters. The summed E-state index contributed by atoms with van der Waals surface area (Å²) in [6.07, 6.45) is 1.78. The molecule has 1 aromatic heterocycles. The lowest BCUT2D eigenvalue weighted by Crippen LogP contribution is -2.21. The number of ether oxygens (including phenoxy) is 1. The molecule has 4 nitrogen and oxygen atoms in total. The number of nitrogens with one attached hydrogen (secondary N) is 1. The number of carbonyl (C=O) groups excluding carboxylic acids is 2. The van der Waals surface area contributed by atoms with Crippen molar-refractivity contribution in [1.82, 2.24) is 0 Å². The van der Waals surface area contributed by atoms with Gasteiger partial charge in [0.2, 0.25) is 0 Å². The Labute approximate surface area is 146 Å². The number of carbonyl (C=O) groups is 2. The normalized spacial score (nSPS) is 10.6. The molecule has 0 aliphatic rings. The largest absolute Gasteiger partial charge is 0.451 e. The van der Waals surface area contributed by atoms with Crippen molar-refractivity contribution in [2.45, 2.75) is 26.7 Å². The average Bonchev–Trinajstić information content (AvgIpc) is 2.94. The number of hydrogen-bond donors (Lipinski definition) is 1. The molecule has 0 saturated heterocycles. The van der Waals surface area contributed by atoms with Gasteiger partial charge in [0.05, 0.1) is 5.69 Å². The van der Waals surface area contributed by atoms with Gasteiger partial charge in [-0.3, -0.25) is 4.79 Å². The molecular weight excluding hydrogens is 355 g/mol. The second-order valence-corrected chi connectivity index (χ2v) is 6.55. The third-order valence-electron chi connectivity index (χ3n) is 3.38. The number of benzene rings is 1. The molecule has 0 spiro atoms. The van der Waals surface area contributed by atoms with E-state index < -0.39 is 41.6 Å². The van der Waals surface area contributed by atoms with Gasteiger partial charge in [0.1, 0.15) is 4.88 Å². The molecule has 1 aromatic carbocycles. The van der Waals surface area contributed by atoms with Gasteiger partial charge >= 0.3 is 5.97 Å². The van der Waals surface area contributed by atoms with E-state index in [1.165, 1.54) is 11.3 Å². The van der Waals surface area contributed by atoms with Crippen LogP contribution >= 0.6 is 11.3 Å². The summed E-state index contributed by atoms with van der Waals surface area (Å²) in [7, 11) is 0. The molecule has 1 amide bonds. The van der Waals surface area contributed by atoms with Crippen LogP contribution in [0.4, 0.5) is 18.9 Å². The molecule has 0 fully saturated rings. The minimum Gasteiger partial charge on any atom is -0.451 e. The molecule has 1 N–H and O–H groups in total. The van der Waals surface area contributed by atoms with E-state index in [-0.39, 0.29) is 0 Å². The van der Waals surface area contributed by atoms with Crippen LogP contribution in [0.25, 0.3) is 0 Å². The summed E-state index contributed by atoms with van der Waals surface area (Å²) in [5, 5.41) is 2.03. The number of halogens is 3. The standard InChI is InChI=1S/C17H16F3NO3S/c1-3-4-10-7-13(25-9(10)2)17(23)24-8-14(22)21-12-6-5-11(18)15(19)16(12)20/h5-7H,3-4,8H2,1-2H3,(H,21,22). The van der Waals surface area contributed by atoms with E-state index in [1.807, 2.05) is 19.2 Å². The fourth-order valence-electron chi connectivity index (χ4n) is 2.15. The highest BCUT2D eigenvalue weighted by molar-refractivity contribution is 7.14. The van der Waals surface area contributed by atoms with E-state index in [4.69, 9.17) is 4.74 Å². The van der Waals surface area contributed by atoms with E-state index >= 15 is 0 Å². The molecule has 0 aliphatic carbocycles. The van der Waals surface area contributed by atoms with Crippen LogP contribution in [0.15, 0.2) is 18.2 Å². The van der Waals surface area contributed by atoms with E-state index in [2.05, 4.69) is 0 Å². The van der Waals surface area contributed by atoms with Gasteiger partial charge in [-0.05, 0) is 37.1 Å². The molecule has 8 heteroatoms. The van der Waals surface area contributed by atoms with E-state index in [9.17, 15) is 22.8 Å². The number of aryl methyl sites for hydroxylation is 2. The maximum absolute atomic E-state index is 13.5. The van der Waals surface area contributed by atoms with Crippen molar-refractivity contribution in [2.75, 3.05) is 11.9 Å². The van der Waals surface area contributed by atoms with Gasteiger partial charge in [-0.1, -0.05) is 13.3 Å². The summed E-state index contributed by atoms with van der Waals surface area (Å²) in [6.45, 7) is 3.25. The summed E-state index contributed by atoms with van der Waals surface area (Å²) < 4.78 is 44.3. The van der Waals surface area contributed by atoms with Gasteiger partial charge < -0.3 is 10.1 Å². The first-order chi connectivity index (χ1) is 11.8. The fourth-order valence-corrected chi connectivity index (χ4v) is 3.11. The molecule has 134 valence electrons. The summed E-state index contributed by atoms with van der Waals surface area (Å²) in [5.74, 6) is -6.10. The van der Waals surface area contributed by atoms with Crippen LogP contribution in [0.5, 0.6) is 0 Å². The zero-order chi connectivity index (χ0) is 18.6. The van der Waals surface area contributed by atoms with Crippen LogP contribution in [0, 0.1) is 24.4 Å². The van der Waals surface area contributed by atoms with Crippen molar-refractivity contribution in [3.63, 3.8) is 0 Å². The first kappa shape index (κ1) is 19.0. The van der Waals surface area contributed by atoms with Crippen LogP contribution in [0.3, 0.4) is 0 Å². The molecule has 0 saturated carbocycles. The van der Waals surface area contributed by atoms with Crippen LogP contribution in [-0.4, -0.2) is 18.5 Å². The molecule has 2 aromatic rings. The lowest BCUT2D eigenvalue weighted by atomic mass is 10.1. The third-order valence-corrected chi connectivity index (χ3v) is 4.46. The van der Waals surface area contributed by atoms with Crippen LogP contribution in [0.2, 0.25) is 0 Å². The molecule has 25 heavy (non-hydrogen) atoms. The van der Waals surface area contributed by atoms with Crippen molar-refractivity contribution in [2.24, 2.45) is 0 Å². The van der Waals surface area contributed by atoms with Gasteiger partial charge in [-0.25, -0.2) is 18.0 Å². The summed E-state index contributed by atoms with van der Waals surface area (Å²) in [6, 6.07) is 3.29. The molecule has 0 radical (unpaired) electrons. The summed E-state index contributed by atoms with van der Waals surface area (Å²) in [5.41, 5.74) is 0.518. The zero-order valence-electron chi connectivity index (χ0n) is 13.6. The predicted octanol–water partition coefficient (Wildman–Crippen LogP) is 4.22. The van der Waals surface area contributed by atoms with Gasteiger partial charge in [0.15, 0.2) is 24.1 Å². The quantitative estimate of drug-likeness (QED) is 0.611.